The van der Waals surface area contributed by atoms with Gasteiger partial charge in [0.05, 0.1) is 0 Å². The molecule has 1 aliphatic heterocycles. The van der Waals surface area contributed by atoms with Gasteiger partial charge in [0.2, 0.25) is 0 Å². The molecule has 3 rings (SSSR count). The van der Waals surface area contributed by atoms with Crippen molar-refractivity contribution >= 4 is 18.3 Å². The Kier molecular flexibility index (Phi) is 7.84. The summed E-state index contributed by atoms with van der Waals surface area (Å²) in [5.41, 5.74) is 2.11. The molecule has 4 nitrogen and oxygen atoms in total. The van der Waals surface area contributed by atoms with Gasteiger partial charge in [-0.3, -0.25) is 9.69 Å². The van der Waals surface area contributed by atoms with Gasteiger partial charge < -0.3 is 9.64 Å². The van der Waals surface area contributed by atoms with Crippen LogP contribution in [0.1, 0.15) is 25.0 Å². The van der Waals surface area contributed by atoms with Gasteiger partial charge in [0.1, 0.15) is 11.6 Å². The quantitative estimate of drug-likeness (QED) is 0.750. The lowest BCUT2D eigenvalue weighted by Crippen LogP contribution is -2.58. The van der Waals surface area contributed by atoms with E-state index in [9.17, 15) is 9.18 Å². The molecule has 1 heterocycles. The maximum Gasteiger partial charge on any atom is 0.260 e. The average Bonchev–Trinajstić information content (AvgIpc) is 2.65. The van der Waals surface area contributed by atoms with E-state index < -0.39 is 0 Å². The number of ether oxygens (including phenoxy) is 1. The molecule has 1 aliphatic rings. The molecular weight excluding hydrogens is 379 g/mol. The zero-order valence-electron chi connectivity index (χ0n) is 16.6. The number of nitrogens with zero attached hydrogens (tertiary/aromatic N) is 2. The van der Waals surface area contributed by atoms with Gasteiger partial charge in [-0.15, -0.1) is 12.4 Å². The Morgan fingerprint density at radius 3 is 2.43 bits per heavy atom. The third-order valence-electron chi connectivity index (χ3n) is 5.18. The summed E-state index contributed by atoms with van der Waals surface area (Å²) in [6, 6.07) is 14.7. The predicted octanol–water partition coefficient (Wildman–Crippen LogP) is 4.06. The molecule has 0 N–H and O–H groups in total. The SMILES string of the molecule is Cc1ccccc1OCC(=O)N1C[C@H](C)N(Cc2ccc(F)cc2)C[C@H]1C.Cl. The number of hydrogen-bond donors (Lipinski definition) is 0. The van der Waals surface area contributed by atoms with Crippen molar-refractivity contribution in [1.29, 1.82) is 0 Å². The Bertz CT molecular complexity index is 784. The number of rotatable bonds is 5. The molecule has 0 spiro atoms. The highest BCUT2D eigenvalue weighted by atomic mass is 35.5. The second kappa shape index (κ2) is 9.89. The van der Waals surface area contributed by atoms with Crippen LogP contribution in [-0.2, 0) is 11.3 Å². The molecule has 0 radical (unpaired) electrons. The number of halogens is 2. The number of para-hydroxylation sites is 1. The predicted molar refractivity (Wildman–Crippen MR) is 111 cm³/mol. The molecule has 28 heavy (non-hydrogen) atoms. The molecule has 0 aromatic heterocycles. The molecule has 0 bridgehead atoms. The molecule has 6 heteroatoms. The van der Waals surface area contributed by atoms with Crippen LogP contribution in [0.2, 0.25) is 0 Å². The minimum Gasteiger partial charge on any atom is -0.484 e. The van der Waals surface area contributed by atoms with Gasteiger partial charge >= 0.3 is 0 Å². The van der Waals surface area contributed by atoms with Crippen LogP contribution in [0, 0.1) is 12.7 Å². The largest absolute Gasteiger partial charge is 0.484 e. The molecule has 0 unspecified atom stereocenters. The number of carbonyl (C=O) groups excluding carboxylic acids is 1. The van der Waals surface area contributed by atoms with Crippen LogP contribution in [0.5, 0.6) is 5.75 Å². The molecule has 1 saturated heterocycles. The Labute approximate surface area is 172 Å². The van der Waals surface area contributed by atoms with Crippen LogP contribution in [0.3, 0.4) is 0 Å². The first kappa shape index (κ1) is 22.2. The van der Waals surface area contributed by atoms with Crippen molar-refractivity contribution in [1.82, 2.24) is 9.80 Å². The van der Waals surface area contributed by atoms with E-state index in [1.54, 1.807) is 0 Å². The van der Waals surface area contributed by atoms with Crippen LogP contribution in [0.25, 0.3) is 0 Å². The Balaban J connectivity index is 0.00000280. The van der Waals surface area contributed by atoms with Crippen molar-refractivity contribution in [3.63, 3.8) is 0 Å². The van der Waals surface area contributed by atoms with E-state index in [4.69, 9.17) is 4.74 Å². The molecule has 0 saturated carbocycles. The lowest BCUT2D eigenvalue weighted by molar-refractivity contribution is -0.139. The van der Waals surface area contributed by atoms with E-state index in [1.165, 1.54) is 12.1 Å². The van der Waals surface area contributed by atoms with Gasteiger partial charge in [-0.1, -0.05) is 30.3 Å². The first-order chi connectivity index (χ1) is 12.9. The number of carbonyl (C=O) groups is 1. The summed E-state index contributed by atoms with van der Waals surface area (Å²) in [4.78, 5) is 16.9. The molecule has 2 aromatic rings. The van der Waals surface area contributed by atoms with Crippen molar-refractivity contribution in [2.24, 2.45) is 0 Å². The van der Waals surface area contributed by atoms with E-state index in [2.05, 4.69) is 18.7 Å². The molecule has 1 amide bonds. The number of hydrogen-bond acceptors (Lipinski definition) is 3. The summed E-state index contributed by atoms with van der Waals surface area (Å²) in [6.45, 7) is 8.42. The Hall–Kier alpha value is -2.11. The number of benzene rings is 2. The topological polar surface area (TPSA) is 32.8 Å². The highest BCUT2D eigenvalue weighted by Crippen LogP contribution is 2.20. The Morgan fingerprint density at radius 2 is 1.75 bits per heavy atom. The smallest absolute Gasteiger partial charge is 0.260 e. The molecule has 152 valence electrons. The van der Waals surface area contributed by atoms with Crippen LogP contribution < -0.4 is 4.74 Å². The van der Waals surface area contributed by atoms with Crippen molar-refractivity contribution in [3.8, 4) is 5.75 Å². The highest BCUT2D eigenvalue weighted by Gasteiger charge is 2.32. The number of aryl methyl sites for hydroxylation is 1. The van der Waals surface area contributed by atoms with Crippen molar-refractivity contribution in [2.45, 2.75) is 39.4 Å². The van der Waals surface area contributed by atoms with E-state index >= 15 is 0 Å². The van der Waals surface area contributed by atoms with E-state index in [1.807, 2.05) is 48.2 Å². The number of amides is 1. The van der Waals surface area contributed by atoms with Crippen LogP contribution >= 0.6 is 12.4 Å². The summed E-state index contributed by atoms with van der Waals surface area (Å²) >= 11 is 0. The van der Waals surface area contributed by atoms with Gasteiger partial charge in [-0.05, 0) is 50.1 Å². The van der Waals surface area contributed by atoms with Crippen molar-refractivity contribution in [3.05, 3.63) is 65.5 Å². The number of piperazine rings is 1. The minimum absolute atomic E-state index is 0. The molecule has 2 aromatic carbocycles. The maximum atomic E-state index is 13.1. The molecule has 1 fully saturated rings. The lowest BCUT2D eigenvalue weighted by atomic mass is 10.1. The van der Waals surface area contributed by atoms with Gasteiger partial charge in [-0.2, -0.15) is 0 Å². The van der Waals surface area contributed by atoms with Crippen LogP contribution in [0.4, 0.5) is 4.39 Å². The van der Waals surface area contributed by atoms with Gasteiger partial charge in [-0.25, -0.2) is 4.39 Å². The fourth-order valence-corrected chi connectivity index (χ4v) is 3.53. The third-order valence-corrected chi connectivity index (χ3v) is 5.18. The van der Waals surface area contributed by atoms with Crippen LogP contribution in [-0.4, -0.2) is 47.5 Å². The molecule has 0 aliphatic carbocycles. The normalized spacial score (nSPS) is 19.8. The second-order valence-corrected chi connectivity index (χ2v) is 7.35. The van der Waals surface area contributed by atoms with Gasteiger partial charge in [0.25, 0.3) is 5.91 Å². The summed E-state index contributed by atoms with van der Waals surface area (Å²) in [5, 5.41) is 0. The highest BCUT2D eigenvalue weighted by molar-refractivity contribution is 5.85. The maximum absolute atomic E-state index is 13.1. The lowest BCUT2D eigenvalue weighted by Gasteiger charge is -2.44. The van der Waals surface area contributed by atoms with E-state index in [0.29, 0.717) is 6.54 Å². The third kappa shape index (κ3) is 5.46. The average molecular weight is 407 g/mol. The standard InChI is InChI=1S/C22H27FN2O2.ClH/c1-16-6-4-5-7-21(16)27-15-22(26)25-13-17(2)24(12-18(25)3)14-19-8-10-20(23)11-9-19;/h4-11,17-18H,12-15H2,1-3H3;1H/t17-,18+;/m0./s1. The minimum atomic E-state index is -0.218. The van der Waals surface area contributed by atoms with E-state index in [0.717, 1.165) is 30.0 Å². The fraction of sp³-hybridized carbons (Fsp3) is 0.409. The first-order valence-corrected chi connectivity index (χ1v) is 9.40. The van der Waals surface area contributed by atoms with Gasteiger partial charge in [0.15, 0.2) is 6.61 Å². The Morgan fingerprint density at radius 1 is 1.07 bits per heavy atom. The zero-order chi connectivity index (χ0) is 19.4. The molecular formula is C22H28ClFN2O2. The summed E-state index contributed by atoms with van der Waals surface area (Å²) in [5.74, 6) is 0.546. The van der Waals surface area contributed by atoms with Crippen molar-refractivity contribution in [2.75, 3.05) is 19.7 Å². The second-order valence-electron chi connectivity index (χ2n) is 7.35. The summed E-state index contributed by atoms with van der Waals surface area (Å²) in [7, 11) is 0. The summed E-state index contributed by atoms with van der Waals surface area (Å²) in [6.07, 6.45) is 0. The van der Waals surface area contributed by atoms with Crippen molar-refractivity contribution < 1.29 is 13.9 Å². The fourth-order valence-electron chi connectivity index (χ4n) is 3.53. The van der Waals surface area contributed by atoms with Crippen LogP contribution in [0.15, 0.2) is 48.5 Å². The first-order valence-electron chi connectivity index (χ1n) is 9.40. The van der Waals surface area contributed by atoms with Gasteiger partial charge in [0, 0.05) is 31.7 Å². The van der Waals surface area contributed by atoms with E-state index in [-0.39, 0.29) is 42.8 Å². The zero-order valence-corrected chi connectivity index (χ0v) is 17.4. The monoisotopic (exact) mass is 406 g/mol. The summed E-state index contributed by atoms with van der Waals surface area (Å²) < 4.78 is 18.8. The molecule has 2 atom stereocenters.